The first kappa shape index (κ1) is 47.8. The number of carbonyl (C=O) groups excluding carboxylic acids is 4. The van der Waals surface area contributed by atoms with E-state index in [-0.39, 0.29) is 61.5 Å². The van der Waals surface area contributed by atoms with E-state index in [0.717, 1.165) is 23.2 Å². The molecule has 1 saturated carbocycles. The van der Waals surface area contributed by atoms with Crippen LogP contribution in [-0.2, 0) is 25.7 Å². The Morgan fingerprint density at radius 3 is 2.55 bits per heavy atom. The average Bonchev–Trinajstić information content (AvgIpc) is 4.13. The van der Waals surface area contributed by atoms with Crippen LogP contribution in [0, 0.1) is 11.7 Å². The number of anilines is 2. The largest absolute Gasteiger partial charge is 0.493 e. The lowest BCUT2D eigenvalue weighted by atomic mass is 10.0. The number of hydrazone groups is 1. The Hall–Kier alpha value is -6.14. The quantitative estimate of drug-likeness (QED) is 0.0403. The van der Waals surface area contributed by atoms with E-state index in [1.165, 1.54) is 6.07 Å². The summed E-state index contributed by atoms with van der Waals surface area (Å²) in [7, 11) is 3.13. The second-order valence-corrected chi connectivity index (χ2v) is 20.0. The van der Waals surface area contributed by atoms with Gasteiger partial charge in [-0.25, -0.2) is 9.82 Å². The van der Waals surface area contributed by atoms with Crippen molar-refractivity contribution in [3.8, 4) is 11.5 Å². The molecule has 348 valence electrons. The summed E-state index contributed by atoms with van der Waals surface area (Å²) in [4.78, 5) is 70.6. The Morgan fingerprint density at radius 1 is 1.00 bits per heavy atom. The number of fused-ring (bicyclic) bond motifs is 1. The van der Waals surface area contributed by atoms with Crippen molar-refractivity contribution < 1.29 is 42.9 Å². The van der Waals surface area contributed by atoms with Gasteiger partial charge in [0, 0.05) is 121 Å². The van der Waals surface area contributed by atoms with Crippen molar-refractivity contribution in [2.24, 2.45) is 11.0 Å². The van der Waals surface area contributed by atoms with E-state index >= 15 is 0 Å². The van der Waals surface area contributed by atoms with Gasteiger partial charge in [-0.05, 0) is 92.8 Å². The van der Waals surface area contributed by atoms with Crippen LogP contribution < -0.4 is 30.4 Å². The van der Waals surface area contributed by atoms with Crippen molar-refractivity contribution in [3.05, 3.63) is 113 Å². The highest BCUT2D eigenvalue weighted by Gasteiger charge is 2.44. The molecule has 4 amide bonds. The fourth-order valence-corrected chi connectivity index (χ4v) is 10.2. The number of benzene rings is 3. The summed E-state index contributed by atoms with van der Waals surface area (Å²) in [6.45, 7) is 7.09. The van der Waals surface area contributed by atoms with Gasteiger partial charge < -0.3 is 35.0 Å². The topological polar surface area (TPSA) is 192 Å². The Bertz CT molecular complexity index is 2420. The number of nitrogens with zero attached hydrogens (tertiary/aromatic N) is 4. The number of piperazine rings is 1. The van der Waals surface area contributed by atoms with Crippen molar-refractivity contribution in [1.82, 2.24) is 20.6 Å². The van der Waals surface area contributed by atoms with Crippen LogP contribution in [0.1, 0.15) is 85.3 Å². The van der Waals surface area contributed by atoms with Gasteiger partial charge in [0.1, 0.15) is 17.3 Å². The highest BCUT2D eigenvalue weighted by molar-refractivity contribution is 8.77. The third-order valence-electron chi connectivity index (χ3n) is 11.4. The molecule has 66 heavy (non-hydrogen) atoms. The Kier molecular flexibility index (Phi) is 16.2. The standard InChI is InChI=1S/C48H54FN7O8S2/c1-48(2,28-43(57)54-53-41-15-23-64-42-26-36(13-14-37(41)42)63-22-4-6-45(59)60)66-65-24-16-44(58)56-20-18-55(19-21-56)35-11-8-31(9-12-35)46(61)51-30-33-7-10-34(25-40(33)49)52-47(62)39-27-38(39)32-5-3-17-50-29-32/h3,5,7-14,17,25-26,29,38-39H,4,6,15-16,18-24,27-28,30H2,1-2H3,(H,51,61)(H,52,62)(H,54,57)(H,59,60)/b53-41+. The smallest absolute Gasteiger partial charge is 0.303 e. The number of rotatable bonds is 20. The molecule has 4 N–H and O–H groups in total. The van der Waals surface area contributed by atoms with Crippen LogP contribution in [0.4, 0.5) is 15.8 Å². The molecule has 2 unspecified atom stereocenters. The lowest BCUT2D eigenvalue weighted by Crippen LogP contribution is -2.48. The zero-order valence-electron chi connectivity index (χ0n) is 36.9. The molecule has 15 nitrogen and oxygen atoms in total. The van der Waals surface area contributed by atoms with E-state index in [1.807, 2.05) is 49.1 Å². The molecular weight excluding hydrogens is 886 g/mol. The van der Waals surface area contributed by atoms with Crippen LogP contribution in [-0.4, -0.2) is 100 Å². The summed E-state index contributed by atoms with van der Waals surface area (Å²) in [5.41, 5.74) is 7.22. The molecule has 3 heterocycles. The third-order valence-corrected chi connectivity index (χ3v) is 14.7. The maximum absolute atomic E-state index is 15.0. The van der Waals surface area contributed by atoms with Gasteiger partial charge in [0.2, 0.25) is 17.7 Å². The summed E-state index contributed by atoms with van der Waals surface area (Å²) in [6, 6.07) is 20.8. The number of carbonyl (C=O) groups is 5. The minimum atomic E-state index is -0.868. The number of aliphatic carboxylic acids is 1. The number of pyridine rings is 1. The molecule has 4 aromatic rings. The Balaban J connectivity index is 0.768. The van der Waals surface area contributed by atoms with Gasteiger partial charge in [-0.1, -0.05) is 33.7 Å². The summed E-state index contributed by atoms with van der Waals surface area (Å²) in [5, 5.41) is 18.8. The monoisotopic (exact) mass is 939 g/mol. The molecule has 2 fully saturated rings. The minimum absolute atomic E-state index is 0.0146. The molecule has 0 bridgehead atoms. The predicted octanol–water partition coefficient (Wildman–Crippen LogP) is 7.03. The van der Waals surface area contributed by atoms with Crippen LogP contribution in [0.5, 0.6) is 11.5 Å². The van der Waals surface area contributed by atoms with Gasteiger partial charge in [0.15, 0.2) is 0 Å². The Morgan fingerprint density at radius 2 is 1.80 bits per heavy atom. The fraction of sp³-hybridized carbons (Fsp3) is 0.396. The summed E-state index contributed by atoms with van der Waals surface area (Å²) in [6.07, 6.45) is 5.75. The second kappa shape index (κ2) is 22.4. The predicted molar refractivity (Wildman–Crippen MR) is 253 cm³/mol. The van der Waals surface area contributed by atoms with Gasteiger partial charge in [-0.15, -0.1) is 0 Å². The number of ether oxygens (including phenoxy) is 2. The number of hydrogen-bond acceptors (Lipinski definition) is 12. The maximum Gasteiger partial charge on any atom is 0.303 e. The Labute approximate surface area is 391 Å². The lowest BCUT2D eigenvalue weighted by molar-refractivity contribution is -0.137. The molecule has 3 aliphatic rings. The van der Waals surface area contributed by atoms with Crippen LogP contribution in [0.25, 0.3) is 0 Å². The van der Waals surface area contributed by atoms with Crippen molar-refractivity contribution in [1.29, 1.82) is 0 Å². The first-order chi connectivity index (χ1) is 31.8. The summed E-state index contributed by atoms with van der Waals surface area (Å²) >= 11 is 0. The van der Waals surface area contributed by atoms with Crippen LogP contribution in [0.2, 0.25) is 0 Å². The van der Waals surface area contributed by atoms with E-state index < -0.39 is 16.5 Å². The zero-order valence-corrected chi connectivity index (χ0v) is 38.6. The SMILES string of the molecule is CC(C)(CC(=O)N/N=C1\CCOc2cc(OCCCC(=O)O)ccc21)SSCCC(=O)N1CCN(c2ccc(C(=O)NCc3ccc(NC(=O)C4CC4c4cccnc4)cc3F)cc2)CC1. The molecule has 3 aromatic carbocycles. The minimum Gasteiger partial charge on any atom is -0.493 e. The van der Waals surface area contributed by atoms with Gasteiger partial charge >= 0.3 is 5.97 Å². The molecule has 7 rings (SSSR count). The highest BCUT2D eigenvalue weighted by atomic mass is 33.1. The number of nitrogens with one attached hydrogen (secondary N) is 3. The molecule has 1 aromatic heterocycles. The number of hydrogen-bond donors (Lipinski definition) is 4. The third kappa shape index (κ3) is 13.5. The van der Waals surface area contributed by atoms with Crippen molar-refractivity contribution >= 4 is 68.3 Å². The number of carboxylic acid groups (broad SMARTS) is 1. The van der Waals surface area contributed by atoms with Gasteiger partial charge in [0.05, 0.1) is 18.9 Å². The van der Waals surface area contributed by atoms with Crippen LogP contribution in [0.15, 0.2) is 90.3 Å². The molecule has 0 radical (unpaired) electrons. The summed E-state index contributed by atoms with van der Waals surface area (Å²) in [5.74, 6) is -0.310. The molecule has 18 heteroatoms. The molecule has 2 aliphatic heterocycles. The van der Waals surface area contributed by atoms with E-state index in [2.05, 4.69) is 31.0 Å². The van der Waals surface area contributed by atoms with Crippen molar-refractivity contribution in [2.75, 3.05) is 55.4 Å². The van der Waals surface area contributed by atoms with E-state index in [0.29, 0.717) is 91.8 Å². The second-order valence-electron chi connectivity index (χ2n) is 16.9. The van der Waals surface area contributed by atoms with E-state index in [4.69, 9.17) is 14.6 Å². The molecule has 2 atom stereocenters. The number of amides is 4. The maximum atomic E-state index is 15.0. The number of aromatic nitrogens is 1. The van der Waals surface area contributed by atoms with E-state index in [9.17, 15) is 28.4 Å². The van der Waals surface area contributed by atoms with Gasteiger partial charge in [0.25, 0.3) is 5.91 Å². The van der Waals surface area contributed by atoms with Crippen molar-refractivity contribution in [2.45, 2.75) is 69.6 Å². The van der Waals surface area contributed by atoms with Crippen molar-refractivity contribution in [3.63, 3.8) is 0 Å². The van der Waals surface area contributed by atoms with Gasteiger partial charge in [-0.3, -0.25) is 29.0 Å². The molecule has 0 spiro atoms. The molecular formula is C48H54FN7O8S2. The number of halogens is 1. The van der Waals surface area contributed by atoms with Crippen LogP contribution >= 0.6 is 21.6 Å². The lowest BCUT2D eigenvalue weighted by Gasteiger charge is -2.36. The molecule has 1 saturated heterocycles. The average molecular weight is 940 g/mol. The fourth-order valence-electron chi connectivity index (χ4n) is 7.71. The van der Waals surface area contributed by atoms with E-state index in [1.54, 1.807) is 70.4 Å². The highest BCUT2D eigenvalue weighted by Crippen LogP contribution is 2.47. The zero-order chi connectivity index (χ0) is 46.6. The van der Waals surface area contributed by atoms with Gasteiger partial charge in [-0.2, -0.15) is 5.10 Å². The first-order valence-electron chi connectivity index (χ1n) is 22.0. The normalized spacial score (nSPS) is 17.3. The van der Waals surface area contributed by atoms with Crippen LogP contribution in [0.3, 0.4) is 0 Å². The number of carboxylic acids is 1. The molecule has 1 aliphatic carbocycles. The first-order valence-corrected chi connectivity index (χ1v) is 24.3. The summed E-state index contributed by atoms with van der Waals surface area (Å²) < 4.78 is 26.0.